The van der Waals surface area contributed by atoms with Crippen LogP contribution < -0.4 is 15.4 Å². The molecule has 0 atom stereocenters. The number of nitrogens with one attached hydrogen (secondary N) is 2. The number of hydrogen-bond acceptors (Lipinski definition) is 4. The lowest BCUT2D eigenvalue weighted by Gasteiger charge is -2.18. The number of halogens is 1. The van der Waals surface area contributed by atoms with Crippen LogP contribution in [-0.2, 0) is 4.79 Å². The highest BCUT2D eigenvalue weighted by atomic mass is 35.5. The van der Waals surface area contributed by atoms with Gasteiger partial charge in [-0.1, -0.05) is 0 Å². The molecule has 0 spiro atoms. The van der Waals surface area contributed by atoms with Crippen molar-refractivity contribution in [3.63, 3.8) is 0 Å². The number of anilines is 1. The molecule has 1 aromatic carbocycles. The molecule has 1 amide bonds. The van der Waals surface area contributed by atoms with Crippen molar-refractivity contribution < 1.29 is 9.53 Å². The second kappa shape index (κ2) is 8.79. The summed E-state index contributed by atoms with van der Waals surface area (Å²) in [6.07, 6.45) is 1.09. The Kier molecular flexibility index (Phi) is 7.36. The molecule has 1 heterocycles. The van der Waals surface area contributed by atoms with Crippen LogP contribution in [0.2, 0.25) is 0 Å². The minimum Gasteiger partial charge on any atom is -0.497 e. The predicted octanol–water partition coefficient (Wildman–Crippen LogP) is 1.35. The van der Waals surface area contributed by atoms with Gasteiger partial charge in [0, 0.05) is 18.8 Å². The van der Waals surface area contributed by atoms with Gasteiger partial charge in [0.1, 0.15) is 5.75 Å². The first kappa shape index (κ1) is 16.8. The van der Waals surface area contributed by atoms with Gasteiger partial charge in [0.2, 0.25) is 5.91 Å². The molecule has 0 aliphatic carbocycles. The van der Waals surface area contributed by atoms with Gasteiger partial charge in [-0.15, -0.1) is 12.4 Å². The number of hydrogen-bond donors (Lipinski definition) is 2. The number of carbonyl (C=O) groups is 1. The first-order chi connectivity index (χ1) is 9.28. The van der Waals surface area contributed by atoms with Crippen LogP contribution in [0.1, 0.15) is 6.42 Å². The SMILES string of the molecule is COc1ccc(NC(=O)CN2CCCNCC2)cc1.Cl. The van der Waals surface area contributed by atoms with Crippen molar-refractivity contribution in [3.05, 3.63) is 24.3 Å². The summed E-state index contributed by atoms with van der Waals surface area (Å²) in [4.78, 5) is 14.1. The highest BCUT2D eigenvalue weighted by Gasteiger charge is 2.12. The minimum absolute atomic E-state index is 0. The first-order valence-electron chi connectivity index (χ1n) is 6.65. The first-order valence-corrected chi connectivity index (χ1v) is 6.65. The third kappa shape index (κ3) is 5.36. The van der Waals surface area contributed by atoms with Crippen molar-refractivity contribution in [2.24, 2.45) is 0 Å². The number of amides is 1. The molecule has 1 saturated heterocycles. The van der Waals surface area contributed by atoms with Crippen molar-refractivity contribution in [2.45, 2.75) is 6.42 Å². The van der Waals surface area contributed by atoms with Gasteiger partial charge in [-0.3, -0.25) is 9.69 Å². The zero-order valence-corrected chi connectivity index (χ0v) is 12.5. The maximum absolute atomic E-state index is 11.9. The van der Waals surface area contributed by atoms with E-state index < -0.39 is 0 Å². The highest BCUT2D eigenvalue weighted by Crippen LogP contribution is 2.14. The molecule has 6 heteroatoms. The largest absolute Gasteiger partial charge is 0.497 e. The number of nitrogens with zero attached hydrogens (tertiary/aromatic N) is 1. The minimum atomic E-state index is 0. The van der Waals surface area contributed by atoms with E-state index in [0.29, 0.717) is 6.54 Å². The summed E-state index contributed by atoms with van der Waals surface area (Å²) in [6, 6.07) is 7.37. The Labute approximate surface area is 126 Å². The fraction of sp³-hybridized carbons (Fsp3) is 0.500. The van der Waals surface area contributed by atoms with E-state index in [4.69, 9.17) is 4.74 Å². The van der Waals surface area contributed by atoms with Gasteiger partial charge in [-0.25, -0.2) is 0 Å². The lowest BCUT2D eigenvalue weighted by atomic mass is 10.3. The van der Waals surface area contributed by atoms with Gasteiger partial charge in [-0.05, 0) is 43.8 Å². The van der Waals surface area contributed by atoms with E-state index in [0.717, 1.165) is 44.0 Å². The highest BCUT2D eigenvalue weighted by molar-refractivity contribution is 5.92. The average Bonchev–Trinajstić information content (AvgIpc) is 2.68. The van der Waals surface area contributed by atoms with Crippen LogP contribution in [0.3, 0.4) is 0 Å². The molecule has 20 heavy (non-hydrogen) atoms. The second-order valence-corrected chi connectivity index (χ2v) is 4.66. The molecular formula is C14H22ClN3O2. The lowest BCUT2D eigenvalue weighted by Crippen LogP contribution is -2.35. The van der Waals surface area contributed by atoms with Crippen molar-refractivity contribution in [1.82, 2.24) is 10.2 Å². The molecule has 0 saturated carbocycles. The third-order valence-corrected chi connectivity index (χ3v) is 3.17. The van der Waals surface area contributed by atoms with Gasteiger partial charge < -0.3 is 15.4 Å². The van der Waals surface area contributed by atoms with E-state index in [-0.39, 0.29) is 18.3 Å². The van der Waals surface area contributed by atoms with Crippen LogP contribution in [0.5, 0.6) is 5.75 Å². The van der Waals surface area contributed by atoms with Crippen molar-refractivity contribution in [3.8, 4) is 5.75 Å². The number of benzene rings is 1. The summed E-state index contributed by atoms with van der Waals surface area (Å²) in [6.45, 7) is 4.35. The van der Waals surface area contributed by atoms with E-state index in [1.165, 1.54) is 0 Å². The summed E-state index contributed by atoms with van der Waals surface area (Å²) < 4.78 is 5.08. The Morgan fingerprint density at radius 1 is 1.30 bits per heavy atom. The number of rotatable bonds is 4. The topological polar surface area (TPSA) is 53.6 Å². The van der Waals surface area contributed by atoms with Crippen LogP contribution in [0, 0.1) is 0 Å². The van der Waals surface area contributed by atoms with E-state index in [2.05, 4.69) is 15.5 Å². The van der Waals surface area contributed by atoms with Gasteiger partial charge in [0.05, 0.1) is 13.7 Å². The molecule has 0 bridgehead atoms. The fourth-order valence-corrected chi connectivity index (χ4v) is 2.14. The van der Waals surface area contributed by atoms with Crippen molar-refractivity contribution >= 4 is 24.0 Å². The van der Waals surface area contributed by atoms with Crippen molar-refractivity contribution in [1.29, 1.82) is 0 Å². The molecule has 5 nitrogen and oxygen atoms in total. The smallest absolute Gasteiger partial charge is 0.238 e. The quantitative estimate of drug-likeness (QED) is 0.881. The van der Waals surface area contributed by atoms with Gasteiger partial charge in [-0.2, -0.15) is 0 Å². The van der Waals surface area contributed by atoms with Crippen LogP contribution in [0.4, 0.5) is 5.69 Å². The molecule has 2 rings (SSSR count). The number of carbonyl (C=O) groups excluding carboxylic acids is 1. The molecule has 0 aromatic heterocycles. The van der Waals surface area contributed by atoms with Gasteiger partial charge in [0.15, 0.2) is 0 Å². The molecule has 1 aliphatic heterocycles. The predicted molar refractivity (Wildman–Crippen MR) is 82.8 cm³/mol. The van der Waals surface area contributed by atoms with Crippen LogP contribution >= 0.6 is 12.4 Å². The molecular weight excluding hydrogens is 278 g/mol. The van der Waals surface area contributed by atoms with E-state index in [9.17, 15) is 4.79 Å². The van der Waals surface area contributed by atoms with E-state index >= 15 is 0 Å². The van der Waals surface area contributed by atoms with E-state index in [1.54, 1.807) is 7.11 Å². The molecule has 1 aromatic rings. The van der Waals surface area contributed by atoms with Gasteiger partial charge >= 0.3 is 0 Å². The summed E-state index contributed by atoms with van der Waals surface area (Å²) >= 11 is 0. The third-order valence-electron chi connectivity index (χ3n) is 3.17. The molecule has 0 radical (unpaired) electrons. The molecule has 112 valence electrons. The molecule has 1 aliphatic rings. The zero-order valence-electron chi connectivity index (χ0n) is 11.7. The Bertz CT molecular complexity index is 403. The molecule has 1 fully saturated rings. The molecule has 2 N–H and O–H groups in total. The summed E-state index contributed by atoms with van der Waals surface area (Å²) in [7, 11) is 1.63. The molecule has 0 unspecified atom stereocenters. The number of ether oxygens (including phenoxy) is 1. The summed E-state index contributed by atoms with van der Waals surface area (Å²) in [5, 5.41) is 6.23. The van der Waals surface area contributed by atoms with Gasteiger partial charge in [0.25, 0.3) is 0 Å². The maximum atomic E-state index is 11.9. The zero-order chi connectivity index (χ0) is 13.5. The normalized spacial score (nSPS) is 15.8. The monoisotopic (exact) mass is 299 g/mol. The Hall–Kier alpha value is -1.30. The fourth-order valence-electron chi connectivity index (χ4n) is 2.14. The Balaban J connectivity index is 0.00000200. The van der Waals surface area contributed by atoms with Crippen LogP contribution in [0.15, 0.2) is 24.3 Å². The van der Waals surface area contributed by atoms with E-state index in [1.807, 2.05) is 24.3 Å². The second-order valence-electron chi connectivity index (χ2n) is 4.66. The summed E-state index contributed by atoms with van der Waals surface area (Å²) in [5.74, 6) is 0.823. The Morgan fingerprint density at radius 2 is 2.05 bits per heavy atom. The number of methoxy groups -OCH3 is 1. The van der Waals surface area contributed by atoms with Crippen molar-refractivity contribution in [2.75, 3.05) is 45.2 Å². The maximum Gasteiger partial charge on any atom is 0.238 e. The lowest BCUT2D eigenvalue weighted by molar-refractivity contribution is -0.117. The summed E-state index contributed by atoms with van der Waals surface area (Å²) in [5.41, 5.74) is 0.804. The average molecular weight is 300 g/mol. The van der Waals surface area contributed by atoms with Crippen LogP contribution in [0.25, 0.3) is 0 Å². The Morgan fingerprint density at radius 3 is 2.75 bits per heavy atom. The van der Waals surface area contributed by atoms with Crippen LogP contribution in [-0.4, -0.2) is 50.6 Å². The standard InChI is InChI=1S/C14H21N3O2.ClH/c1-19-13-5-3-12(4-6-13)16-14(18)11-17-9-2-7-15-8-10-17;/h3-6,15H,2,7-11H2,1H3,(H,16,18);1H.